The minimum absolute atomic E-state index is 0.0236. The van der Waals surface area contributed by atoms with E-state index in [1.807, 2.05) is 5.32 Å². The van der Waals surface area contributed by atoms with Gasteiger partial charge in [0.1, 0.15) is 30.4 Å². The van der Waals surface area contributed by atoms with Gasteiger partial charge in [0, 0.05) is 26.2 Å². The maximum absolute atomic E-state index is 13.0. The Kier molecular flexibility index (Phi) is 12.7. The van der Waals surface area contributed by atoms with Crippen LogP contribution in [-0.4, -0.2) is 86.6 Å². The van der Waals surface area contributed by atoms with Crippen LogP contribution in [0.2, 0.25) is 0 Å². The summed E-state index contributed by atoms with van der Waals surface area (Å²) in [6, 6.07) is 1.56. The lowest BCUT2D eigenvalue weighted by Crippen LogP contribution is -2.57. The fraction of sp³-hybridized carbons (Fsp3) is 0.435. The van der Waals surface area contributed by atoms with Gasteiger partial charge in [-0.2, -0.15) is 0 Å². The molecule has 0 saturated carbocycles. The number of hydrogen-bond donors (Lipinski definition) is 8. The van der Waals surface area contributed by atoms with Gasteiger partial charge in [-0.05, 0) is 30.5 Å². The van der Waals surface area contributed by atoms with Crippen LogP contribution in [0.5, 0.6) is 5.75 Å². The van der Waals surface area contributed by atoms with Crippen molar-refractivity contribution in [2.45, 2.75) is 57.2 Å². The molecular weight excluding hydrogens is 508 g/mol. The van der Waals surface area contributed by atoms with Gasteiger partial charge in [0.25, 0.3) is 0 Å². The third-order valence-electron chi connectivity index (χ3n) is 5.04. The van der Waals surface area contributed by atoms with Gasteiger partial charge in [0.15, 0.2) is 0 Å². The molecule has 15 heteroatoms. The van der Waals surface area contributed by atoms with Crippen molar-refractivity contribution in [2.24, 2.45) is 0 Å². The smallest absolute Gasteiger partial charge is 0.322 e. The zero-order valence-electron chi connectivity index (χ0n) is 20.4. The van der Waals surface area contributed by atoms with Crippen molar-refractivity contribution in [3.63, 3.8) is 0 Å². The number of phenolic OH excluding ortho intramolecular Hbond substituents is 1. The Bertz CT molecular complexity index is 1040. The lowest BCUT2D eigenvalue weighted by Gasteiger charge is -2.25. The molecule has 0 aliphatic carbocycles. The van der Waals surface area contributed by atoms with Gasteiger partial charge >= 0.3 is 17.9 Å². The molecule has 0 heterocycles. The van der Waals surface area contributed by atoms with Crippen LogP contribution < -0.4 is 21.3 Å². The van der Waals surface area contributed by atoms with Gasteiger partial charge in [-0.15, -0.1) is 0 Å². The molecule has 1 rings (SSSR count). The molecule has 0 bridgehead atoms. The molecule has 8 N–H and O–H groups in total. The molecule has 0 fully saturated rings. The normalized spacial score (nSPS) is 12.8. The van der Waals surface area contributed by atoms with E-state index in [1.165, 1.54) is 24.3 Å². The zero-order valence-corrected chi connectivity index (χ0v) is 20.4. The second kappa shape index (κ2) is 15.4. The SMILES string of the molecule is CC(=O)N[C@@H](Cc1ccc(O)cc1)C(=O)N[C@@H](CCC(=O)O)C(=O)N[C@@H](CCC(=O)O)C(=O)NCC(=O)O. The first-order valence-electron chi connectivity index (χ1n) is 11.4. The molecule has 0 aromatic heterocycles. The second-order valence-electron chi connectivity index (χ2n) is 8.22. The number of rotatable bonds is 16. The summed E-state index contributed by atoms with van der Waals surface area (Å²) in [7, 11) is 0. The van der Waals surface area contributed by atoms with Crippen LogP contribution in [0.4, 0.5) is 0 Å². The van der Waals surface area contributed by atoms with Crippen molar-refractivity contribution in [3.8, 4) is 5.75 Å². The monoisotopic (exact) mass is 538 g/mol. The molecule has 3 atom stereocenters. The summed E-state index contributed by atoms with van der Waals surface area (Å²) >= 11 is 0. The number of carboxylic acids is 3. The van der Waals surface area contributed by atoms with Gasteiger partial charge in [-0.1, -0.05) is 12.1 Å². The fourth-order valence-electron chi connectivity index (χ4n) is 3.23. The maximum atomic E-state index is 13.0. The van der Waals surface area contributed by atoms with Crippen LogP contribution in [0.15, 0.2) is 24.3 Å². The van der Waals surface area contributed by atoms with Crippen LogP contribution in [0.1, 0.15) is 38.2 Å². The number of aliphatic carboxylic acids is 3. The zero-order chi connectivity index (χ0) is 28.8. The third kappa shape index (κ3) is 12.3. The maximum Gasteiger partial charge on any atom is 0.322 e. The molecule has 0 radical (unpaired) electrons. The summed E-state index contributed by atoms with van der Waals surface area (Å²) in [5, 5.41) is 45.2. The van der Waals surface area contributed by atoms with Crippen molar-refractivity contribution in [1.29, 1.82) is 0 Å². The molecule has 0 spiro atoms. The number of hydrogen-bond acceptors (Lipinski definition) is 8. The fourth-order valence-corrected chi connectivity index (χ4v) is 3.23. The van der Waals surface area contributed by atoms with E-state index in [9.17, 15) is 38.7 Å². The lowest BCUT2D eigenvalue weighted by atomic mass is 10.0. The van der Waals surface area contributed by atoms with Crippen LogP contribution in [0, 0.1) is 0 Å². The number of carbonyl (C=O) groups is 7. The predicted molar refractivity (Wildman–Crippen MR) is 128 cm³/mol. The number of phenols is 1. The summed E-state index contributed by atoms with van der Waals surface area (Å²) in [6.45, 7) is 0.363. The van der Waals surface area contributed by atoms with E-state index in [-0.39, 0.29) is 12.2 Å². The first kappa shape index (κ1) is 31.3. The summed E-state index contributed by atoms with van der Waals surface area (Å²) in [6.07, 6.45) is -2.00. The quantitative estimate of drug-likeness (QED) is 0.118. The first-order valence-corrected chi connectivity index (χ1v) is 11.4. The van der Waals surface area contributed by atoms with E-state index >= 15 is 0 Å². The Hall–Kier alpha value is -4.69. The highest BCUT2D eigenvalue weighted by Crippen LogP contribution is 2.12. The Morgan fingerprint density at radius 1 is 0.684 bits per heavy atom. The summed E-state index contributed by atoms with van der Waals surface area (Å²) in [5.74, 6) is -7.43. The lowest BCUT2D eigenvalue weighted by molar-refractivity contribution is -0.140. The molecule has 0 unspecified atom stereocenters. The van der Waals surface area contributed by atoms with E-state index in [1.54, 1.807) is 0 Å². The van der Waals surface area contributed by atoms with E-state index in [0.717, 1.165) is 6.92 Å². The average molecular weight is 539 g/mol. The molecule has 0 aliphatic heterocycles. The van der Waals surface area contributed by atoms with Crippen LogP contribution in [0.3, 0.4) is 0 Å². The minimum atomic E-state index is -1.51. The molecule has 0 aliphatic rings. The molecule has 1 aromatic carbocycles. The van der Waals surface area contributed by atoms with E-state index < -0.39 is 91.9 Å². The average Bonchev–Trinajstić information content (AvgIpc) is 2.82. The highest BCUT2D eigenvalue weighted by molar-refractivity contribution is 5.95. The Morgan fingerprint density at radius 3 is 1.61 bits per heavy atom. The highest BCUT2D eigenvalue weighted by atomic mass is 16.4. The van der Waals surface area contributed by atoms with Gasteiger partial charge in [-0.3, -0.25) is 33.6 Å². The second-order valence-corrected chi connectivity index (χ2v) is 8.22. The predicted octanol–water partition coefficient (Wildman–Crippen LogP) is -1.66. The number of aromatic hydroxyl groups is 1. The minimum Gasteiger partial charge on any atom is -0.508 e. The Balaban J connectivity index is 3.10. The van der Waals surface area contributed by atoms with E-state index in [2.05, 4.69) is 16.0 Å². The molecule has 15 nitrogen and oxygen atoms in total. The Morgan fingerprint density at radius 2 is 1.16 bits per heavy atom. The number of benzene rings is 1. The van der Waals surface area contributed by atoms with Gasteiger partial charge < -0.3 is 41.7 Å². The van der Waals surface area contributed by atoms with Crippen LogP contribution >= 0.6 is 0 Å². The Labute approximate surface area is 216 Å². The van der Waals surface area contributed by atoms with Crippen molar-refractivity contribution in [3.05, 3.63) is 29.8 Å². The third-order valence-corrected chi connectivity index (χ3v) is 5.04. The number of carbonyl (C=O) groups excluding carboxylic acids is 4. The van der Waals surface area contributed by atoms with Crippen LogP contribution in [0.25, 0.3) is 0 Å². The van der Waals surface area contributed by atoms with E-state index in [4.69, 9.17) is 15.3 Å². The van der Waals surface area contributed by atoms with E-state index in [0.29, 0.717) is 5.56 Å². The molecule has 4 amide bonds. The van der Waals surface area contributed by atoms with Crippen molar-refractivity contribution in [2.75, 3.05) is 6.54 Å². The highest BCUT2D eigenvalue weighted by Gasteiger charge is 2.30. The number of amides is 4. The number of carboxylic acid groups (broad SMARTS) is 3. The summed E-state index contributed by atoms with van der Waals surface area (Å²) in [5.41, 5.74) is 0.548. The molecule has 0 saturated heterocycles. The van der Waals surface area contributed by atoms with Crippen molar-refractivity contribution < 1.29 is 54.0 Å². The molecule has 38 heavy (non-hydrogen) atoms. The standard InChI is InChI=1S/C23H30N4O11/c1-12(28)25-17(10-13-2-4-14(29)5-3-13)23(38)27-16(7-9-19(32)33)22(37)26-15(6-8-18(30)31)21(36)24-11-20(34)35/h2-5,15-17,29H,6-11H2,1H3,(H,24,36)(H,25,28)(H,26,37)(H,27,38)(H,30,31)(H,32,33)(H,34,35)/t15-,16-,17-/m0/s1. The van der Waals surface area contributed by atoms with Gasteiger partial charge in [0.05, 0.1) is 0 Å². The molecule has 1 aromatic rings. The molecular formula is C23H30N4O11. The summed E-state index contributed by atoms with van der Waals surface area (Å²) in [4.78, 5) is 82.8. The van der Waals surface area contributed by atoms with Gasteiger partial charge in [-0.25, -0.2) is 0 Å². The summed E-state index contributed by atoms with van der Waals surface area (Å²) < 4.78 is 0. The van der Waals surface area contributed by atoms with Crippen molar-refractivity contribution in [1.82, 2.24) is 21.3 Å². The number of nitrogens with one attached hydrogen (secondary N) is 4. The first-order chi connectivity index (χ1) is 17.8. The van der Waals surface area contributed by atoms with Crippen molar-refractivity contribution >= 4 is 41.5 Å². The van der Waals surface area contributed by atoms with Crippen LogP contribution in [-0.2, 0) is 40.0 Å². The topological polar surface area (TPSA) is 249 Å². The largest absolute Gasteiger partial charge is 0.508 e. The molecule has 208 valence electrons. The van der Waals surface area contributed by atoms with Gasteiger partial charge in [0.2, 0.25) is 23.6 Å².